The van der Waals surface area contributed by atoms with Crippen LogP contribution in [-0.2, 0) is 6.42 Å². The number of para-hydroxylation sites is 1. The molecule has 0 radical (unpaired) electrons. The largest absolute Gasteiger partial charge is 0.452 e. The van der Waals surface area contributed by atoms with Crippen LogP contribution in [0.15, 0.2) is 41.0 Å². The van der Waals surface area contributed by atoms with E-state index in [1.165, 1.54) is 17.5 Å². The molecule has 4 nitrogen and oxygen atoms in total. The molecule has 1 N–H and O–H groups in total. The van der Waals surface area contributed by atoms with Crippen LogP contribution in [-0.4, -0.2) is 25.5 Å². The molecule has 0 saturated carbocycles. The predicted molar refractivity (Wildman–Crippen MR) is 83.0 cm³/mol. The van der Waals surface area contributed by atoms with E-state index in [1.54, 1.807) is 6.07 Å². The lowest BCUT2D eigenvalue weighted by Crippen LogP contribution is -2.29. The molecule has 2 heterocycles. The molecule has 0 fully saturated rings. The van der Waals surface area contributed by atoms with E-state index in [2.05, 4.69) is 34.5 Å². The molecule has 21 heavy (non-hydrogen) atoms. The Hall–Kier alpha value is -1.94. The van der Waals surface area contributed by atoms with Crippen LogP contribution in [0.2, 0.25) is 5.22 Å². The molecule has 1 aromatic heterocycles. The molecule has 0 spiro atoms. The minimum Gasteiger partial charge on any atom is -0.452 e. The van der Waals surface area contributed by atoms with E-state index in [4.69, 9.17) is 16.0 Å². The smallest absolute Gasteiger partial charge is 0.256 e. The Kier molecular flexibility index (Phi) is 4.15. The summed E-state index contributed by atoms with van der Waals surface area (Å²) in [6, 6.07) is 10.1. The van der Waals surface area contributed by atoms with Crippen molar-refractivity contribution in [2.75, 3.05) is 24.5 Å². The summed E-state index contributed by atoms with van der Waals surface area (Å²) in [7, 11) is 0. The number of halogens is 1. The van der Waals surface area contributed by atoms with Gasteiger partial charge in [-0.1, -0.05) is 18.2 Å². The van der Waals surface area contributed by atoms with E-state index in [0.717, 1.165) is 25.9 Å². The molecular formula is C16H17ClN2O2. The average molecular weight is 305 g/mol. The maximum absolute atomic E-state index is 11.9. The summed E-state index contributed by atoms with van der Waals surface area (Å²) < 4.78 is 4.91. The number of carbonyl (C=O) groups excluding carboxylic acids is 1. The highest BCUT2D eigenvalue weighted by atomic mass is 35.5. The zero-order valence-corrected chi connectivity index (χ0v) is 12.4. The lowest BCUT2D eigenvalue weighted by atomic mass is 10.2. The van der Waals surface area contributed by atoms with E-state index in [0.29, 0.717) is 12.1 Å². The monoisotopic (exact) mass is 304 g/mol. The number of furan rings is 1. The van der Waals surface area contributed by atoms with Gasteiger partial charge in [-0.05, 0) is 42.1 Å². The fourth-order valence-corrected chi connectivity index (χ4v) is 2.86. The molecule has 1 amide bonds. The molecule has 5 heteroatoms. The van der Waals surface area contributed by atoms with Gasteiger partial charge in [-0.15, -0.1) is 0 Å². The fraction of sp³-hybridized carbons (Fsp3) is 0.312. The van der Waals surface area contributed by atoms with Crippen LogP contribution in [0.3, 0.4) is 0 Å². The van der Waals surface area contributed by atoms with Gasteiger partial charge in [0.1, 0.15) is 0 Å². The number of nitrogens with one attached hydrogen (secondary N) is 1. The Morgan fingerprint density at radius 1 is 1.33 bits per heavy atom. The fourth-order valence-electron chi connectivity index (χ4n) is 2.66. The van der Waals surface area contributed by atoms with Gasteiger partial charge in [0.05, 0.1) is 11.8 Å². The highest BCUT2D eigenvalue weighted by Crippen LogP contribution is 2.27. The van der Waals surface area contributed by atoms with Crippen LogP contribution in [0.4, 0.5) is 5.69 Å². The first kappa shape index (κ1) is 14.0. The standard InChI is InChI=1S/C16H17ClN2O2/c17-15-13(7-11-21-15)16(20)18-8-3-9-19-10-6-12-4-1-2-5-14(12)19/h1-2,4-5,7,11H,3,6,8-10H2,(H,18,20). The molecule has 0 atom stereocenters. The second-order valence-corrected chi connectivity index (χ2v) is 5.43. The molecule has 3 rings (SSSR count). The molecular weight excluding hydrogens is 288 g/mol. The van der Waals surface area contributed by atoms with Crippen LogP contribution in [0, 0.1) is 0 Å². The molecule has 1 aliphatic heterocycles. The summed E-state index contributed by atoms with van der Waals surface area (Å²) >= 11 is 5.77. The van der Waals surface area contributed by atoms with Crippen LogP contribution in [0.5, 0.6) is 0 Å². The van der Waals surface area contributed by atoms with Crippen molar-refractivity contribution < 1.29 is 9.21 Å². The number of fused-ring (bicyclic) bond motifs is 1. The summed E-state index contributed by atoms with van der Waals surface area (Å²) in [5.74, 6) is -0.185. The Morgan fingerprint density at radius 3 is 3.00 bits per heavy atom. The van der Waals surface area contributed by atoms with Crippen molar-refractivity contribution in [1.29, 1.82) is 0 Å². The van der Waals surface area contributed by atoms with Gasteiger partial charge in [-0.3, -0.25) is 4.79 Å². The molecule has 2 aromatic rings. The Balaban J connectivity index is 1.45. The lowest BCUT2D eigenvalue weighted by Gasteiger charge is -2.19. The average Bonchev–Trinajstić information content (AvgIpc) is 3.10. The van der Waals surface area contributed by atoms with Crippen molar-refractivity contribution in [2.24, 2.45) is 0 Å². The van der Waals surface area contributed by atoms with E-state index in [9.17, 15) is 4.79 Å². The van der Waals surface area contributed by atoms with Crippen molar-refractivity contribution in [3.63, 3.8) is 0 Å². The zero-order chi connectivity index (χ0) is 14.7. The van der Waals surface area contributed by atoms with E-state index in [-0.39, 0.29) is 11.1 Å². The molecule has 0 aliphatic carbocycles. The summed E-state index contributed by atoms with van der Waals surface area (Å²) in [6.07, 6.45) is 3.42. The third kappa shape index (κ3) is 3.05. The molecule has 0 saturated heterocycles. The Bertz CT molecular complexity index is 639. The predicted octanol–water partition coefficient (Wildman–Crippen LogP) is 3.12. The van der Waals surface area contributed by atoms with E-state index < -0.39 is 0 Å². The first-order valence-corrected chi connectivity index (χ1v) is 7.47. The number of benzene rings is 1. The minimum atomic E-state index is -0.185. The van der Waals surface area contributed by atoms with E-state index in [1.807, 2.05) is 0 Å². The molecule has 0 unspecified atom stereocenters. The SMILES string of the molecule is O=C(NCCCN1CCc2ccccc21)c1ccoc1Cl. The molecule has 0 bridgehead atoms. The van der Waals surface area contributed by atoms with Gasteiger partial charge < -0.3 is 14.6 Å². The summed E-state index contributed by atoms with van der Waals surface area (Å²) in [4.78, 5) is 14.2. The van der Waals surface area contributed by atoms with Crippen molar-refractivity contribution in [3.8, 4) is 0 Å². The van der Waals surface area contributed by atoms with Crippen molar-refractivity contribution in [3.05, 3.63) is 52.9 Å². The quantitative estimate of drug-likeness (QED) is 0.863. The minimum absolute atomic E-state index is 0.140. The van der Waals surface area contributed by atoms with Crippen LogP contribution < -0.4 is 10.2 Å². The Morgan fingerprint density at radius 2 is 2.19 bits per heavy atom. The van der Waals surface area contributed by atoms with Crippen LogP contribution in [0.25, 0.3) is 0 Å². The number of anilines is 1. The third-order valence-electron chi connectivity index (χ3n) is 3.74. The van der Waals surface area contributed by atoms with Gasteiger partial charge in [-0.2, -0.15) is 0 Å². The maximum atomic E-state index is 11.9. The first-order valence-electron chi connectivity index (χ1n) is 7.10. The number of hydrogen-bond donors (Lipinski definition) is 1. The second-order valence-electron chi connectivity index (χ2n) is 5.08. The van der Waals surface area contributed by atoms with Gasteiger partial charge >= 0.3 is 0 Å². The number of nitrogens with zero attached hydrogens (tertiary/aromatic N) is 1. The summed E-state index contributed by atoms with van der Waals surface area (Å²) in [5.41, 5.74) is 3.12. The van der Waals surface area contributed by atoms with Crippen molar-refractivity contribution >= 4 is 23.2 Å². The number of hydrogen-bond acceptors (Lipinski definition) is 3. The second kappa shape index (κ2) is 6.22. The molecule has 1 aliphatic rings. The highest BCUT2D eigenvalue weighted by Gasteiger charge is 2.17. The van der Waals surface area contributed by atoms with Crippen LogP contribution in [0.1, 0.15) is 22.3 Å². The topological polar surface area (TPSA) is 45.5 Å². The number of rotatable bonds is 5. The molecule has 110 valence electrons. The zero-order valence-electron chi connectivity index (χ0n) is 11.6. The summed E-state index contributed by atoms with van der Waals surface area (Å²) in [5, 5.41) is 3.00. The van der Waals surface area contributed by atoms with Gasteiger partial charge in [0.15, 0.2) is 0 Å². The lowest BCUT2D eigenvalue weighted by molar-refractivity contribution is 0.0953. The van der Waals surface area contributed by atoms with E-state index >= 15 is 0 Å². The normalized spacial score (nSPS) is 13.3. The first-order chi connectivity index (χ1) is 10.3. The van der Waals surface area contributed by atoms with Gasteiger partial charge in [0, 0.05) is 25.3 Å². The third-order valence-corrected chi connectivity index (χ3v) is 4.03. The number of carbonyl (C=O) groups is 1. The van der Waals surface area contributed by atoms with Gasteiger partial charge in [0.25, 0.3) is 5.91 Å². The molecule has 1 aromatic carbocycles. The Labute approximate surface area is 128 Å². The van der Waals surface area contributed by atoms with Crippen molar-refractivity contribution in [1.82, 2.24) is 5.32 Å². The van der Waals surface area contributed by atoms with Gasteiger partial charge in [-0.25, -0.2) is 0 Å². The van der Waals surface area contributed by atoms with Gasteiger partial charge in [0.2, 0.25) is 5.22 Å². The maximum Gasteiger partial charge on any atom is 0.256 e. The number of amides is 1. The highest BCUT2D eigenvalue weighted by molar-refractivity contribution is 6.32. The van der Waals surface area contributed by atoms with Crippen molar-refractivity contribution in [2.45, 2.75) is 12.8 Å². The van der Waals surface area contributed by atoms with Crippen LogP contribution >= 0.6 is 11.6 Å². The summed E-state index contributed by atoms with van der Waals surface area (Å²) in [6.45, 7) is 2.62.